The first-order chi connectivity index (χ1) is 10.7. The molecule has 0 unspecified atom stereocenters. The maximum atomic E-state index is 11.9. The van der Waals surface area contributed by atoms with Gasteiger partial charge in [-0.3, -0.25) is 4.79 Å². The molecule has 3 heterocycles. The van der Waals surface area contributed by atoms with Crippen LogP contribution in [0.1, 0.15) is 16.2 Å². The molecule has 2 aromatic heterocycles. The Kier molecular flexibility index (Phi) is 2.82. The Hall–Kier alpha value is -2.89. The van der Waals surface area contributed by atoms with Crippen molar-refractivity contribution < 1.29 is 4.79 Å². The van der Waals surface area contributed by atoms with E-state index in [4.69, 9.17) is 0 Å². The molecule has 110 valence electrons. The Bertz CT molecular complexity index is 883. The molecule has 1 aliphatic heterocycles. The zero-order valence-corrected chi connectivity index (χ0v) is 12.1. The first-order valence-corrected chi connectivity index (χ1v) is 7.19. The molecule has 1 aliphatic rings. The number of hydrogen-bond acceptors (Lipinski definition) is 4. The average molecular weight is 293 g/mol. The molecule has 3 aromatic rings. The molecule has 1 aromatic carbocycles. The van der Waals surface area contributed by atoms with Gasteiger partial charge in [-0.2, -0.15) is 0 Å². The molecule has 6 nitrogen and oxygen atoms in total. The first kappa shape index (κ1) is 12.8. The van der Waals surface area contributed by atoms with Gasteiger partial charge in [0.15, 0.2) is 0 Å². The summed E-state index contributed by atoms with van der Waals surface area (Å²) >= 11 is 0. The number of anilines is 2. The maximum absolute atomic E-state index is 11.9. The number of carbonyl (C=O) groups is 1. The SMILES string of the molecule is Cc1ccnc(Nc2ccc3cc4n(c3c2)CCNC4=O)n1. The molecule has 0 aliphatic carbocycles. The molecular formula is C16H15N5O. The van der Waals surface area contributed by atoms with Crippen LogP contribution in [-0.4, -0.2) is 27.0 Å². The second kappa shape index (κ2) is 4.84. The van der Waals surface area contributed by atoms with Crippen LogP contribution in [0.5, 0.6) is 0 Å². The molecule has 0 saturated heterocycles. The highest BCUT2D eigenvalue weighted by molar-refractivity contribution is 6.00. The molecular weight excluding hydrogens is 278 g/mol. The van der Waals surface area contributed by atoms with E-state index < -0.39 is 0 Å². The van der Waals surface area contributed by atoms with E-state index in [0.29, 0.717) is 18.2 Å². The third kappa shape index (κ3) is 2.09. The van der Waals surface area contributed by atoms with Gasteiger partial charge in [0.2, 0.25) is 5.95 Å². The highest BCUT2D eigenvalue weighted by Crippen LogP contribution is 2.25. The van der Waals surface area contributed by atoms with E-state index in [-0.39, 0.29) is 5.91 Å². The largest absolute Gasteiger partial charge is 0.349 e. The van der Waals surface area contributed by atoms with Crippen LogP contribution in [0.25, 0.3) is 10.9 Å². The number of hydrogen-bond donors (Lipinski definition) is 2. The third-order valence-corrected chi connectivity index (χ3v) is 3.81. The van der Waals surface area contributed by atoms with Gasteiger partial charge in [-0.15, -0.1) is 0 Å². The Morgan fingerprint density at radius 3 is 3.05 bits per heavy atom. The lowest BCUT2D eigenvalue weighted by Crippen LogP contribution is -2.34. The fourth-order valence-corrected chi connectivity index (χ4v) is 2.77. The summed E-state index contributed by atoms with van der Waals surface area (Å²) < 4.78 is 2.05. The summed E-state index contributed by atoms with van der Waals surface area (Å²) in [6.07, 6.45) is 1.73. The van der Waals surface area contributed by atoms with E-state index >= 15 is 0 Å². The van der Waals surface area contributed by atoms with Crippen LogP contribution in [0.2, 0.25) is 0 Å². The van der Waals surface area contributed by atoms with Gasteiger partial charge in [-0.25, -0.2) is 9.97 Å². The lowest BCUT2D eigenvalue weighted by atomic mass is 10.2. The summed E-state index contributed by atoms with van der Waals surface area (Å²) in [7, 11) is 0. The van der Waals surface area contributed by atoms with Crippen LogP contribution in [0.3, 0.4) is 0 Å². The summed E-state index contributed by atoms with van der Waals surface area (Å²) in [5.74, 6) is 0.557. The zero-order chi connectivity index (χ0) is 15.1. The standard InChI is InChI=1S/C16H15N5O/c1-10-4-5-18-16(19-10)20-12-3-2-11-8-14-15(22)17-6-7-21(14)13(11)9-12/h2-5,8-9H,6-7H2,1H3,(H,17,22)(H,18,19,20). The molecule has 0 atom stereocenters. The van der Waals surface area contributed by atoms with Crippen LogP contribution < -0.4 is 10.6 Å². The Morgan fingerprint density at radius 2 is 2.18 bits per heavy atom. The maximum Gasteiger partial charge on any atom is 0.268 e. The van der Waals surface area contributed by atoms with Crippen molar-refractivity contribution in [2.45, 2.75) is 13.5 Å². The number of amides is 1. The number of fused-ring (bicyclic) bond motifs is 3. The second-order valence-corrected chi connectivity index (χ2v) is 5.36. The highest BCUT2D eigenvalue weighted by Gasteiger charge is 2.19. The van der Waals surface area contributed by atoms with Crippen LogP contribution in [0.15, 0.2) is 36.5 Å². The summed E-state index contributed by atoms with van der Waals surface area (Å²) in [5, 5.41) is 7.13. The van der Waals surface area contributed by atoms with Crippen LogP contribution >= 0.6 is 0 Å². The fraction of sp³-hybridized carbons (Fsp3) is 0.188. The van der Waals surface area contributed by atoms with Crippen LogP contribution in [0.4, 0.5) is 11.6 Å². The molecule has 0 bridgehead atoms. The smallest absolute Gasteiger partial charge is 0.268 e. The third-order valence-electron chi connectivity index (χ3n) is 3.81. The average Bonchev–Trinajstić information content (AvgIpc) is 2.87. The summed E-state index contributed by atoms with van der Waals surface area (Å²) in [6, 6.07) is 9.79. The van der Waals surface area contributed by atoms with Crippen LogP contribution in [0, 0.1) is 6.92 Å². The van der Waals surface area contributed by atoms with E-state index in [9.17, 15) is 4.79 Å². The summed E-state index contributed by atoms with van der Waals surface area (Å²) in [6.45, 7) is 3.38. The van der Waals surface area contributed by atoms with Crippen molar-refractivity contribution in [3.8, 4) is 0 Å². The molecule has 0 radical (unpaired) electrons. The monoisotopic (exact) mass is 293 g/mol. The first-order valence-electron chi connectivity index (χ1n) is 7.19. The number of benzene rings is 1. The van der Waals surface area contributed by atoms with E-state index in [1.165, 1.54) is 0 Å². The number of aromatic nitrogens is 3. The van der Waals surface area contributed by atoms with Gasteiger partial charge >= 0.3 is 0 Å². The van der Waals surface area contributed by atoms with Crippen molar-refractivity contribution in [3.63, 3.8) is 0 Å². The quantitative estimate of drug-likeness (QED) is 0.760. The number of aryl methyl sites for hydroxylation is 1. The lowest BCUT2D eigenvalue weighted by Gasteiger charge is -2.16. The second-order valence-electron chi connectivity index (χ2n) is 5.36. The zero-order valence-electron chi connectivity index (χ0n) is 12.1. The molecule has 4 rings (SSSR count). The van der Waals surface area contributed by atoms with E-state index in [1.54, 1.807) is 6.20 Å². The minimum Gasteiger partial charge on any atom is -0.349 e. The minimum absolute atomic E-state index is 0.0148. The van der Waals surface area contributed by atoms with Crippen molar-refractivity contribution in [3.05, 3.63) is 47.9 Å². The predicted octanol–water partition coefficient (Wildman–Crippen LogP) is 2.23. The summed E-state index contributed by atoms with van der Waals surface area (Å²) in [5.41, 5.74) is 3.58. The van der Waals surface area contributed by atoms with Crippen molar-refractivity contribution in [1.29, 1.82) is 0 Å². The molecule has 0 saturated carbocycles. The van der Waals surface area contributed by atoms with Crippen molar-refractivity contribution in [2.75, 3.05) is 11.9 Å². The lowest BCUT2D eigenvalue weighted by molar-refractivity contribution is 0.0929. The Labute approximate surface area is 127 Å². The Balaban J connectivity index is 1.76. The molecule has 0 fully saturated rings. The normalized spacial score (nSPS) is 13.8. The van der Waals surface area contributed by atoms with E-state index in [1.807, 2.05) is 37.3 Å². The number of rotatable bonds is 2. The van der Waals surface area contributed by atoms with Crippen molar-refractivity contribution in [2.24, 2.45) is 0 Å². The van der Waals surface area contributed by atoms with Crippen molar-refractivity contribution >= 4 is 28.4 Å². The van der Waals surface area contributed by atoms with Gasteiger partial charge in [-0.1, -0.05) is 6.07 Å². The van der Waals surface area contributed by atoms with Gasteiger partial charge in [0.1, 0.15) is 5.69 Å². The van der Waals surface area contributed by atoms with Gasteiger partial charge in [-0.05, 0) is 31.2 Å². The summed E-state index contributed by atoms with van der Waals surface area (Å²) in [4.78, 5) is 20.5. The van der Waals surface area contributed by atoms with Crippen molar-refractivity contribution in [1.82, 2.24) is 19.9 Å². The van der Waals surface area contributed by atoms with E-state index in [0.717, 1.165) is 28.8 Å². The van der Waals surface area contributed by atoms with Gasteiger partial charge < -0.3 is 15.2 Å². The molecule has 0 spiro atoms. The number of nitrogens with zero attached hydrogens (tertiary/aromatic N) is 3. The molecule has 6 heteroatoms. The fourth-order valence-electron chi connectivity index (χ4n) is 2.77. The van der Waals surface area contributed by atoms with Gasteiger partial charge in [0, 0.05) is 36.1 Å². The topological polar surface area (TPSA) is 71.8 Å². The number of carbonyl (C=O) groups excluding carboxylic acids is 1. The van der Waals surface area contributed by atoms with Crippen LogP contribution in [-0.2, 0) is 6.54 Å². The Morgan fingerprint density at radius 1 is 1.27 bits per heavy atom. The molecule has 2 N–H and O–H groups in total. The van der Waals surface area contributed by atoms with Gasteiger partial charge in [0.25, 0.3) is 5.91 Å². The van der Waals surface area contributed by atoms with Gasteiger partial charge in [0.05, 0.1) is 5.52 Å². The highest BCUT2D eigenvalue weighted by atomic mass is 16.2. The predicted molar refractivity (Wildman–Crippen MR) is 84.3 cm³/mol. The number of nitrogens with one attached hydrogen (secondary N) is 2. The van der Waals surface area contributed by atoms with E-state index in [2.05, 4.69) is 25.2 Å². The minimum atomic E-state index is -0.0148. The molecule has 1 amide bonds. The molecule has 22 heavy (non-hydrogen) atoms.